The number of nitrogens with zero attached hydrogens (tertiary/aromatic N) is 1. The van der Waals surface area contributed by atoms with E-state index < -0.39 is 0 Å². The fourth-order valence-corrected chi connectivity index (χ4v) is 3.58. The van der Waals surface area contributed by atoms with E-state index in [4.69, 9.17) is 0 Å². The van der Waals surface area contributed by atoms with Crippen molar-refractivity contribution in [2.45, 2.75) is 64.8 Å². The van der Waals surface area contributed by atoms with Crippen molar-refractivity contribution in [2.75, 3.05) is 19.6 Å². The Kier molecular flexibility index (Phi) is 5.68. The molecule has 1 saturated carbocycles. The maximum atomic E-state index is 12.5. The standard InChI is InChI=1S/C16H30N2O/c1-3-10-17-15-9-6-11-18(16(15)19)12-14-8-5-4-7-13(14)2/h13-15,17H,3-12H2,1-2H3. The lowest BCUT2D eigenvalue weighted by Gasteiger charge is -2.38. The van der Waals surface area contributed by atoms with Crippen molar-refractivity contribution < 1.29 is 4.79 Å². The van der Waals surface area contributed by atoms with Gasteiger partial charge in [-0.1, -0.05) is 33.1 Å². The molecular formula is C16H30N2O. The molecule has 1 saturated heterocycles. The number of hydrogen-bond acceptors (Lipinski definition) is 2. The van der Waals surface area contributed by atoms with Crippen LogP contribution in [0.5, 0.6) is 0 Å². The van der Waals surface area contributed by atoms with Crippen LogP contribution in [0.2, 0.25) is 0 Å². The predicted molar refractivity (Wildman–Crippen MR) is 79.0 cm³/mol. The quantitative estimate of drug-likeness (QED) is 0.830. The molecule has 3 unspecified atom stereocenters. The summed E-state index contributed by atoms with van der Waals surface area (Å²) in [5.74, 6) is 1.89. The highest BCUT2D eigenvalue weighted by molar-refractivity contribution is 5.82. The largest absolute Gasteiger partial charge is 0.341 e. The summed E-state index contributed by atoms with van der Waals surface area (Å²) in [5.41, 5.74) is 0. The van der Waals surface area contributed by atoms with Crippen LogP contribution < -0.4 is 5.32 Å². The zero-order valence-electron chi connectivity index (χ0n) is 12.7. The van der Waals surface area contributed by atoms with E-state index in [1.54, 1.807) is 0 Å². The first-order chi connectivity index (χ1) is 9.22. The third-order valence-corrected chi connectivity index (χ3v) is 4.92. The molecule has 2 fully saturated rings. The van der Waals surface area contributed by atoms with E-state index in [9.17, 15) is 4.79 Å². The van der Waals surface area contributed by atoms with Crippen LogP contribution in [0.3, 0.4) is 0 Å². The fourth-order valence-electron chi connectivity index (χ4n) is 3.58. The molecule has 0 radical (unpaired) electrons. The number of carbonyl (C=O) groups is 1. The van der Waals surface area contributed by atoms with E-state index in [0.717, 1.165) is 50.7 Å². The molecule has 2 aliphatic rings. The first kappa shape index (κ1) is 14.8. The predicted octanol–water partition coefficient (Wildman–Crippen LogP) is 2.80. The zero-order valence-corrected chi connectivity index (χ0v) is 12.7. The van der Waals surface area contributed by atoms with Crippen molar-refractivity contribution in [3.05, 3.63) is 0 Å². The van der Waals surface area contributed by atoms with E-state index in [-0.39, 0.29) is 6.04 Å². The Morgan fingerprint density at radius 3 is 2.74 bits per heavy atom. The molecule has 0 bridgehead atoms. The van der Waals surface area contributed by atoms with Crippen molar-refractivity contribution in [3.63, 3.8) is 0 Å². The molecule has 0 aromatic carbocycles. The maximum Gasteiger partial charge on any atom is 0.239 e. The molecule has 3 heteroatoms. The summed E-state index contributed by atoms with van der Waals surface area (Å²) in [6.07, 6.45) is 8.69. The molecule has 0 spiro atoms. The molecule has 19 heavy (non-hydrogen) atoms. The number of amides is 1. The molecule has 0 aromatic rings. The average molecular weight is 266 g/mol. The summed E-state index contributed by atoms with van der Waals surface area (Å²) >= 11 is 0. The van der Waals surface area contributed by atoms with Crippen molar-refractivity contribution in [2.24, 2.45) is 11.8 Å². The van der Waals surface area contributed by atoms with Gasteiger partial charge in [0.25, 0.3) is 0 Å². The lowest BCUT2D eigenvalue weighted by Crippen LogP contribution is -2.52. The van der Waals surface area contributed by atoms with Crippen LogP contribution in [0, 0.1) is 11.8 Å². The highest BCUT2D eigenvalue weighted by Gasteiger charge is 2.31. The topological polar surface area (TPSA) is 32.3 Å². The summed E-state index contributed by atoms with van der Waals surface area (Å²) in [7, 11) is 0. The zero-order chi connectivity index (χ0) is 13.7. The Labute approximate surface area is 118 Å². The first-order valence-electron chi connectivity index (χ1n) is 8.24. The Morgan fingerprint density at radius 1 is 1.21 bits per heavy atom. The van der Waals surface area contributed by atoms with Crippen molar-refractivity contribution in [1.29, 1.82) is 0 Å². The van der Waals surface area contributed by atoms with Gasteiger partial charge in [0.05, 0.1) is 6.04 Å². The van der Waals surface area contributed by atoms with Gasteiger partial charge in [-0.2, -0.15) is 0 Å². The minimum absolute atomic E-state index is 0.0904. The van der Waals surface area contributed by atoms with Crippen LogP contribution in [0.25, 0.3) is 0 Å². The van der Waals surface area contributed by atoms with E-state index in [2.05, 4.69) is 24.1 Å². The third kappa shape index (κ3) is 3.95. The lowest BCUT2D eigenvalue weighted by molar-refractivity contribution is -0.137. The minimum Gasteiger partial charge on any atom is -0.341 e. The maximum absolute atomic E-state index is 12.5. The van der Waals surface area contributed by atoms with Gasteiger partial charge >= 0.3 is 0 Å². The number of carbonyl (C=O) groups excluding carboxylic acids is 1. The van der Waals surface area contributed by atoms with Gasteiger partial charge in [0, 0.05) is 13.1 Å². The molecule has 3 atom stereocenters. The van der Waals surface area contributed by atoms with Crippen molar-refractivity contribution >= 4 is 5.91 Å². The molecule has 1 aliphatic carbocycles. The smallest absolute Gasteiger partial charge is 0.239 e. The molecule has 1 N–H and O–H groups in total. The normalized spacial score (nSPS) is 32.6. The summed E-state index contributed by atoms with van der Waals surface area (Å²) in [5, 5.41) is 3.41. The van der Waals surface area contributed by atoms with Crippen LogP contribution in [-0.4, -0.2) is 36.5 Å². The third-order valence-electron chi connectivity index (χ3n) is 4.92. The Morgan fingerprint density at radius 2 is 2.00 bits per heavy atom. The first-order valence-corrected chi connectivity index (χ1v) is 8.24. The van der Waals surface area contributed by atoms with E-state index >= 15 is 0 Å². The molecular weight excluding hydrogens is 236 g/mol. The number of nitrogens with one attached hydrogen (secondary N) is 1. The average Bonchev–Trinajstić information content (AvgIpc) is 2.42. The van der Waals surface area contributed by atoms with Crippen LogP contribution in [0.15, 0.2) is 0 Å². The monoisotopic (exact) mass is 266 g/mol. The van der Waals surface area contributed by atoms with Gasteiger partial charge in [-0.05, 0) is 44.1 Å². The molecule has 110 valence electrons. The van der Waals surface area contributed by atoms with Gasteiger partial charge in [0.15, 0.2) is 0 Å². The van der Waals surface area contributed by atoms with E-state index in [0.29, 0.717) is 5.91 Å². The van der Waals surface area contributed by atoms with Crippen molar-refractivity contribution in [3.8, 4) is 0 Å². The van der Waals surface area contributed by atoms with E-state index in [1.165, 1.54) is 25.7 Å². The van der Waals surface area contributed by atoms with Gasteiger partial charge in [-0.3, -0.25) is 4.79 Å². The minimum atomic E-state index is 0.0904. The van der Waals surface area contributed by atoms with Crippen LogP contribution in [0.1, 0.15) is 58.8 Å². The Bertz CT molecular complexity index is 292. The summed E-state index contributed by atoms with van der Waals surface area (Å²) in [6.45, 7) is 7.47. The van der Waals surface area contributed by atoms with Gasteiger partial charge < -0.3 is 10.2 Å². The highest BCUT2D eigenvalue weighted by atomic mass is 16.2. The van der Waals surface area contributed by atoms with Gasteiger partial charge in [-0.25, -0.2) is 0 Å². The van der Waals surface area contributed by atoms with Gasteiger partial charge in [0.1, 0.15) is 0 Å². The number of piperidine rings is 1. The Hall–Kier alpha value is -0.570. The summed E-state index contributed by atoms with van der Waals surface area (Å²) < 4.78 is 0. The van der Waals surface area contributed by atoms with Crippen LogP contribution in [-0.2, 0) is 4.79 Å². The molecule has 1 amide bonds. The van der Waals surface area contributed by atoms with Gasteiger partial charge in [-0.15, -0.1) is 0 Å². The van der Waals surface area contributed by atoms with Crippen LogP contribution >= 0.6 is 0 Å². The molecule has 1 aliphatic heterocycles. The second-order valence-corrected chi connectivity index (χ2v) is 6.46. The second kappa shape index (κ2) is 7.28. The molecule has 1 heterocycles. The van der Waals surface area contributed by atoms with Crippen molar-refractivity contribution in [1.82, 2.24) is 10.2 Å². The summed E-state index contributed by atoms with van der Waals surface area (Å²) in [4.78, 5) is 14.6. The highest BCUT2D eigenvalue weighted by Crippen LogP contribution is 2.30. The number of likely N-dealkylation sites (tertiary alicyclic amines) is 1. The van der Waals surface area contributed by atoms with Crippen LogP contribution in [0.4, 0.5) is 0 Å². The van der Waals surface area contributed by atoms with E-state index in [1.807, 2.05) is 0 Å². The molecule has 2 rings (SSSR count). The number of hydrogen-bond donors (Lipinski definition) is 1. The fraction of sp³-hybridized carbons (Fsp3) is 0.938. The molecule has 0 aromatic heterocycles. The number of rotatable bonds is 5. The van der Waals surface area contributed by atoms with Gasteiger partial charge in [0.2, 0.25) is 5.91 Å². The Balaban J connectivity index is 1.86. The summed E-state index contributed by atoms with van der Waals surface area (Å²) in [6, 6.07) is 0.0904. The lowest BCUT2D eigenvalue weighted by atomic mass is 9.80. The SMILES string of the molecule is CCCNC1CCCN(CC2CCCCC2C)C1=O. The second-order valence-electron chi connectivity index (χ2n) is 6.46. The molecule has 3 nitrogen and oxygen atoms in total.